The topological polar surface area (TPSA) is 57.6 Å². The Morgan fingerprint density at radius 3 is 1.88 bits per heavy atom. The van der Waals surface area contributed by atoms with Gasteiger partial charge in [0.1, 0.15) is 0 Å². The van der Waals surface area contributed by atoms with Crippen molar-refractivity contribution >= 4 is 11.9 Å². The molecular weight excluding hydrogens is 206 g/mol. The van der Waals surface area contributed by atoms with Gasteiger partial charge in [0.05, 0.1) is 6.04 Å². The first-order valence-corrected chi connectivity index (χ1v) is 5.57. The Morgan fingerprint density at radius 1 is 1.25 bits per heavy atom. The van der Waals surface area contributed by atoms with Crippen LogP contribution in [0, 0.1) is 11.3 Å². The second-order valence-corrected chi connectivity index (χ2v) is 5.71. The molecule has 0 aliphatic heterocycles. The zero-order valence-corrected chi connectivity index (χ0v) is 11.1. The lowest BCUT2D eigenvalue weighted by molar-refractivity contribution is -0.125. The molecule has 4 heteroatoms. The fourth-order valence-corrected chi connectivity index (χ4v) is 1.98. The highest BCUT2D eigenvalue weighted by atomic mass is 16.4. The van der Waals surface area contributed by atoms with Gasteiger partial charge < -0.3 is 5.11 Å². The highest BCUT2D eigenvalue weighted by Gasteiger charge is 2.36. The van der Waals surface area contributed by atoms with E-state index in [2.05, 4.69) is 0 Å². The van der Waals surface area contributed by atoms with Crippen molar-refractivity contribution in [1.82, 2.24) is 4.90 Å². The summed E-state index contributed by atoms with van der Waals surface area (Å²) in [5, 5.41) is 9.18. The molecule has 0 saturated heterocycles. The van der Waals surface area contributed by atoms with E-state index >= 15 is 0 Å². The third-order valence-corrected chi connectivity index (χ3v) is 2.32. The largest absolute Gasteiger partial charge is 0.465 e. The summed E-state index contributed by atoms with van der Waals surface area (Å²) >= 11 is 0. The molecule has 1 N–H and O–H groups in total. The molecule has 0 aromatic heterocycles. The van der Waals surface area contributed by atoms with E-state index < -0.39 is 12.1 Å². The van der Waals surface area contributed by atoms with Gasteiger partial charge in [-0.3, -0.25) is 9.69 Å². The lowest BCUT2D eigenvalue weighted by Gasteiger charge is -2.37. The van der Waals surface area contributed by atoms with E-state index in [9.17, 15) is 14.7 Å². The number of carboxylic acid groups (broad SMARTS) is 1. The van der Waals surface area contributed by atoms with E-state index in [1.165, 1.54) is 11.8 Å². The molecule has 94 valence electrons. The predicted octanol–water partition coefficient (Wildman–Crippen LogP) is 2.63. The number of hydrogen-bond acceptors (Lipinski definition) is 2. The number of nitrogens with zero attached hydrogens (tertiary/aromatic N) is 1. The maximum Gasteiger partial charge on any atom is 0.407 e. The lowest BCUT2D eigenvalue weighted by atomic mass is 9.83. The first-order chi connectivity index (χ1) is 7.07. The molecule has 0 heterocycles. The normalized spacial score (nSPS) is 13.7. The zero-order chi connectivity index (χ0) is 13.1. The van der Waals surface area contributed by atoms with Crippen molar-refractivity contribution < 1.29 is 14.7 Å². The highest BCUT2D eigenvalue weighted by Crippen LogP contribution is 2.26. The van der Waals surface area contributed by atoms with Crippen molar-refractivity contribution in [2.75, 3.05) is 6.54 Å². The summed E-state index contributed by atoms with van der Waals surface area (Å²) in [6.45, 7) is 11.4. The Balaban J connectivity index is 5.12. The molecular formula is C12H23NO3. The molecule has 0 aliphatic rings. The van der Waals surface area contributed by atoms with Crippen LogP contribution in [0.4, 0.5) is 4.79 Å². The fourth-order valence-electron chi connectivity index (χ4n) is 1.98. The van der Waals surface area contributed by atoms with Crippen molar-refractivity contribution in [2.45, 2.75) is 47.6 Å². The molecule has 0 spiro atoms. The van der Waals surface area contributed by atoms with Crippen LogP contribution in [0.15, 0.2) is 0 Å². The van der Waals surface area contributed by atoms with Gasteiger partial charge in [0.25, 0.3) is 0 Å². The van der Waals surface area contributed by atoms with Crippen molar-refractivity contribution in [3.63, 3.8) is 0 Å². The van der Waals surface area contributed by atoms with Crippen LogP contribution in [0.5, 0.6) is 0 Å². The van der Waals surface area contributed by atoms with E-state index in [1.54, 1.807) is 0 Å². The number of amides is 1. The van der Waals surface area contributed by atoms with E-state index in [-0.39, 0.29) is 17.1 Å². The summed E-state index contributed by atoms with van der Waals surface area (Å²) in [5.41, 5.74) is -0.376. The minimum absolute atomic E-state index is 0.101. The van der Waals surface area contributed by atoms with Crippen molar-refractivity contribution in [3.05, 3.63) is 0 Å². The van der Waals surface area contributed by atoms with Crippen LogP contribution in [-0.2, 0) is 4.79 Å². The Labute approximate surface area is 97.6 Å². The Kier molecular flexibility index (Phi) is 4.97. The van der Waals surface area contributed by atoms with Gasteiger partial charge in [-0.05, 0) is 18.3 Å². The number of Topliss-reactive ketones (excluding diaryl/α,β-unsaturated/α-hetero) is 1. The monoisotopic (exact) mass is 229 g/mol. The van der Waals surface area contributed by atoms with Crippen LogP contribution in [0.25, 0.3) is 0 Å². The van der Waals surface area contributed by atoms with Gasteiger partial charge >= 0.3 is 6.09 Å². The Hall–Kier alpha value is -1.06. The van der Waals surface area contributed by atoms with Crippen LogP contribution in [-0.4, -0.2) is 34.5 Å². The van der Waals surface area contributed by atoms with Crippen LogP contribution in [0.2, 0.25) is 0 Å². The average molecular weight is 229 g/mol. The van der Waals surface area contributed by atoms with Gasteiger partial charge in [-0.25, -0.2) is 4.79 Å². The Bertz CT molecular complexity index is 266. The summed E-state index contributed by atoms with van der Waals surface area (Å²) in [7, 11) is 0. The quantitative estimate of drug-likeness (QED) is 0.806. The first kappa shape index (κ1) is 14.9. The number of carbonyl (C=O) groups is 2. The molecule has 0 saturated carbocycles. The molecule has 0 aromatic carbocycles. The van der Waals surface area contributed by atoms with E-state index in [1.807, 2.05) is 34.6 Å². The second-order valence-electron chi connectivity index (χ2n) is 5.71. The molecule has 1 atom stereocenters. The molecule has 0 bridgehead atoms. The first-order valence-electron chi connectivity index (χ1n) is 5.57. The van der Waals surface area contributed by atoms with Gasteiger partial charge in [-0.2, -0.15) is 0 Å². The van der Waals surface area contributed by atoms with Gasteiger partial charge in [-0.15, -0.1) is 0 Å². The summed E-state index contributed by atoms with van der Waals surface area (Å²) in [6, 6.07) is -0.576. The average Bonchev–Trinajstić information content (AvgIpc) is 1.97. The highest BCUT2D eigenvalue weighted by molar-refractivity contribution is 5.85. The molecule has 1 unspecified atom stereocenters. The van der Waals surface area contributed by atoms with E-state index in [4.69, 9.17) is 0 Å². The summed E-state index contributed by atoms with van der Waals surface area (Å²) in [5.74, 6) is 0.107. The second kappa shape index (κ2) is 5.32. The SMILES string of the molecule is CC(=O)C(N(CC(C)C)C(=O)O)C(C)(C)C. The van der Waals surface area contributed by atoms with Gasteiger partial charge in [-0.1, -0.05) is 34.6 Å². The molecule has 0 rings (SSSR count). The number of carbonyl (C=O) groups excluding carboxylic acids is 1. The maximum atomic E-state index is 11.6. The van der Waals surface area contributed by atoms with E-state index in [0.29, 0.717) is 6.54 Å². The van der Waals surface area contributed by atoms with E-state index in [0.717, 1.165) is 0 Å². The third kappa shape index (κ3) is 4.21. The summed E-state index contributed by atoms with van der Waals surface area (Å²) < 4.78 is 0. The van der Waals surface area contributed by atoms with Gasteiger partial charge in [0.15, 0.2) is 5.78 Å². The molecule has 16 heavy (non-hydrogen) atoms. The molecule has 1 amide bonds. The van der Waals surface area contributed by atoms with Crippen molar-refractivity contribution in [3.8, 4) is 0 Å². The summed E-state index contributed by atoms with van der Waals surface area (Å²) in [4.78, 5) is 24.1. The zero-order valence-electron chi connectivity index (χ0n) is 11.1. The number of rotatable bonds is 4. The summed E-state index contributed by atoms with van der Waals surface area (Å²) in [6.07, 6.45) is -1.02. The fraction of sp³-hybridized carbons (Fsp3) is 0.833. The van der Waals surface area contributed by atoms with Gasteiger partial charge in [0.2, 0.25) is 0 Å². The maximum absolute atomic E-state index is 11.6. The lowest BCUT2D eigenvalue weighted by Crippen LogP contribution is -2.52. The van der Waals surface area contributed by atoms with Crippen molar-refractivity contribution in [1.29, 1.82) is 0 Å². The number of hydrogen-bond donors (Lipinski definition) is 1. The molecule has 0 aromatic rings. The third-order valence-electron chi connectivity index (χ3n) is 2.32. The van der Waals surface area contributed by atoms with Crippen LogP contribution in [0.3, 0.4) is 0 Å². The predicted molar refractivity (Wildman–Crippen MR) is 63.5 cm³/mol. The molecule has 4 nitrogen and oxygen atoms in total. The number of ketones is 1. The molecule has 0 fully saturated rings. The molecule has 0 radical (unpaired) electrons. The van der Waals surface area contributed by atoms with Crippen LogP contribution in [0.1, 0.15) is 41.5 Å². The van der Waals surface area contributed by atoms with Crippen molar-refractivity contribution in [2.24, 2.45) is 11.3 Å². The van der Waals surface area contributed by atoms with Crippen LogP contribution < -0.4 is 0 Å². The minimum atomic E-state index is -1.02. The van der Waals surface area contributed by atoms with Crippen LogP contribution >= 0.6 is 0 Å². The standard InChI is InChI=1S/C12H23NO3/c1-8(2)7-13(11(15)16)10(9(3)14)12(4,5)6/h8,10H,7H2,1-6H3,(H,15,16). The Morgan fingerprint density at radius 2 is 1.69 bits per heavy atom. The molecule has 0 aliphatic carbocycles. The minimum Gasteiger partial charge on any atom is -0.465 e. The van der Waals surface area contributed by atoms with Gasteiger partial charge in [0, 0.05) is 6.54 Å². The smallest absolute Gasteiger partial charge is 0.407 e.